The molecule has 0 amide bonds. The molecule has 11 aromatic rings. The molecule has 0 radical (unpaired) electrons. The van der Waals surface area contributed by atoms with E-state index in [1.165, 1.54) is 27.4 Å². The zero-order valence-electron chi connectivity index (χ0n) is 34.3. The maximum Gasteiger partial charge on any atom is 0.0678 e. The van der Waals surface area contributed by atoms with Gasteiger partial charge in [-0.3, -0.25) is 0 Å². The van der Waals surface area contributed by atoms with E-state index in [4.69, 9.17) is 0 Å². The summed E-state index contributed by atoms with van der Waals surface area (Å²) < 4.78 is 4.70. The zero-order valence-corrected chi connectivity index (χ0v) is 34.3. The number of hydrogen-bond acceptors (Lipinski definition) is 3. The monoisotopic (exact) mass is 797 g/mol. The van der Waals surface area contributed by atoms with Gasteiger partial charge in [-0.1, -0.05) is 133 Å². The topological polar surface area (TPSA) is 37.2 Å². The number of para-hydroxylation sites is 5. The van der Waals surface area contributed by atoms with Crippen LogP contribution in [0.1, 0.15) is 5.69 Å². The minimum Gasteiger partial charge on any atom is -0.354 e. The van der Waals surface area contributed by atoms with E-state index in [-0.39, 0.29) is 0 Å². The lowest BCUT2D eigenvalue weighted by atomic mass is 10.0. The van der Waals surface area contributed by atoms with E-state index in [2.05, 4.69) is 256 Å². The van der Waals surface area contributed by atoms with Gasteiger partial charge in [-0.2, -0.15) is 0 Å². The van der Waals surface area contributed by atoms with E-state index in [1.807, 2.05) is 6.07 Å². The SMILES string of the molecule is Cc1c(Nc2ccc(N(c3ccc(-c4ccccc4)cc3)c3ccc4c(c3)c3ccccc3n4-c3ccccc3)cc2Nc2ccccc2)c2ccccc2n1-c1ccccc1. The predicted octanol–water partition coefficient (Wildman–Crippen LogP) is 15.7. The molecular weight excluding hydrogens is 755 g/mol. The fraction of sp³-hybridized carbons (Fsp3) is 0.0175. The highest BCUT2D eigenvalue weighted by Gasteiger charge is 2.21. The largest absolute Gasteiger partial charge is 0.354 e. The van der Waals surface area contributed by atoms with Gasteiger partial charge in [0.15, 0.2) is 0 Å². The maximum atomic E-state index is 3.92. The summed E-state index contributed by atoms with van der Waals surface area (Å²) in [5.74, 6) is 0. The molecule has 0 saturated heterocycles. The van der Waals surface area contributed by atoms with Crippen LogP contribution in [-0.2, 0) is 0 Å². The third-order valence-corrected chi connectivity index (χ3v) is 11.9. The van der Waals surface area contributed by atoms with E-state index in [9.17, 15) is 0 Å². The third-order valence-electron chi connectivity index (χ3n) is 11.9. The summed E-state index contributed by atoms with van der Waals surface area (Å²) in [6.45, 7) is 2.19. The quantitative estimate of drug-likeness (QED) is 0.145. The average molecular weight is 798 g/mol. The summed E-state index contributed by atoms with van der Waals surface area (Å²) >= 11 is 0. The first kappa shape index (κ1) is 36.8. The molecule has 0 fully saturated rings. The molecule has 11 rings (SSSR count). The highest BCUT2D eigenvalue weighted by Crippen LogP contribution is 2.44. The van der Waals surface area contributed by atoms with Crippen LogP contribution in [0.3, 0.4) is 0 Å². The molecule has 0 saturated carbocycles. The van der Waals surface area contributed by atoms with Gasteiger partial charge in [-0.25, -0.2) is 0 Å². The van der Waals surface area contributed by atoms with Crippen molar-refractivity contribution < 1.29 is 0 Å². The van der Waals surface area contributed by atoms with Gasteiger partial charge in [0.25, 0.3) is 0 Å². The van der Waals surface area contributed by atoms with Crippen molar-refractivity contribution in [2.24, 2.45) is 0 Å². The summed E-state index contributed by atoms with van der Waals surface area (Å²) in [5, 5.41) is 11.3. The first-order chi connectivity index (χ1) is 30.7. The van der Waals surface area contributed by atoms with E-state index in [0.29, 0.717) is 0 Å². The minimum absolute atomic E-state index is 0.956. The lowest BCUT2D eigenvalue weighted by molar-refractivity contribution is 1.05. The van der Waals surface area contributed by atoms with Crippen LogP contribution in [-0.4, -0.2) is 9.13 Å². The number of aromatic nitrogens is 2. The molecule has 62 heavy (non-hydrogen) atoms. The average Bonchev–Trinajstić information content (AvgIpc) is 3.81. The number of benzene rings is 9. The zero-order chi connectivity index (χ0) is 41.4. The molecule has 0 bridgehead atoms. The molecule has 0 atom stereocenters. The van der Waals surface area contributed by atoms with E-state index >= 15 is 0 Å². The van der Waals surface area contributed by atoms with Crippen LogP contribution in [0.25, 0.3) is 55.2 Å². The van der Waals surface area contributed by atoms with Crippen molar-refractivity contribution in [1.82, 2.24) is 9.13 Å². The summed E-state index contributed by atoms with van der Waals surface area (Å²) in [6, 6.07) is 82.0. The van der Waals surface area contributed by atoms with Gasteiger partial charge in [0, 0.05) is 56.0 Å². The van der Waals surface area contributed by atoms with Crippen molar-refractivity contribution in [2.75, 3.05) is 15.5 Å². The third kappa shape index (κ3) is 6.62. The molecule has 5 nitrogen and oxygen atoms in total. The van der Waals surface area contributed by atoms with Gasteiger partial charge in [-0.05, 0) is 115 Å². The van der Waals surface area contributed by atoms with Crippen LogP contribution in [0, 0.1) is 6.92 Å². The van der Waals surface area contributed by atoms with E-state index < -0.39 is 0 Å². The van der Waals surface area contributed by atoms with Crippen molar-refractivity contribution in [3.63, 3.8) is 0 Å². The van der Waals surface area contributed by atoms with Crippen LogP contribution in [0.2, 0.25) is 0 Å². The van der Waals surface area contributed by atoms with Gasteiger partial charge in [0.05, 0.1) is 33.6 Å². The van der Waals surface area contributed by atoms with Crippen LogP contribution in [0.5, 0.6) is 0 Å². The van der Waals surface area contributed by atoms with Crippen molar-refractivity contribution in [3.8, 4) is 22.5 Å². The number of nitrogens with zero attached hydrogens (tertiary/aromatic N) is 3. The molecule has 0 aliphatic carbocycles. The fourth-order valence-electron chi connectivity index (χ4n) is 8.97. The van der Waals surface area contributed by atoms with E-state index in [0.717, 1.165) is 73.3 Å². The molecule has 5 heteroatoms. The molecule has 9 aromatic carbocycles. The summed E-state index contributed by atoms with van der Waals surface area (Å²) in [6.07, 6.45) is 0. The van der Waals surface area contributed by atoms with Gasteiger partial charge in [0.2, 0.25) is 0 Å². The van der Waals surface area contributed by atoms with Crippen LogP contribution >= 0.6 is 0 Å². The molecule has 0 spiro atoms. The second-order valence-corrected chi connectivity index (χ2v) is 15.6. The molecule has 0 unspecified atom stereocenters. The Hall–Kier alpha value is -8.28. The van der Waals surface area contributed by atoms with Gasteiger partial charge >= 0.3 is 0 Å². The highest BCUT2D eigenvalue weighted by molar-refractivity contribution is 6.11. The number of hydrogen-bond donors (Lipinski definition) is 2. The Morgan fingerprint density at radius 3 is 1.55 bits per heavy atom. The van der Waals surface area contributed by atoms with Crippen LogP contribution in [0.4, 0.5) is 39.8 Å². The molecular formula is C57H43N5. The Labute approximate surface area is 361 Å². The normalized spacial score (nSPS) is 11.3. The Morgan fingerprint density at radius 2 is 0.855 bits per heavy atom. The van der Waals surface area contributed by atoms with Crippen molar-refractivity contribution in [3.05, 3.63) is 236 Å². The lowest BCUT2D eigenvalue weighted by Gasteiger charge is -2.27. The van der Waals surface area contributed by atoms with Crippen molar-refractivity contribution in [1.29, 1.82) is 0 Å². The highest BCUT2D eigenvalue weighted by atomic mass is 15.1. The lowest BCUT2D eigenvalue weighted by Crippen LogP contribution is -2.11. The smallest absolute Gasteiger partial charge is 0.0678 e. The van der Waals surface area contributed by atoms with E-state index in [1.54, 1.807) is 0 Å². The van der Waals surface area contributed by atoms with Crippen LogP contribution < -0.4 is 15.5 Å². The number of rotatable bonds is 10. The number of fused-ring (bicyclic) bond motifs is 4. The number of anilines is 7. The Morgan fingerprint density at radius 1 is 0.355 bits per heavy atom. The standard InChI is InChI=1S/C57H43N5/c1-40-57(50-27-15-17-29-55(50)60(40)44-22-10-4-11-23-44)59-52-36-34-48(39-53(52)58-43-20-8-3-9-21-43)61(46-32-30-42(31-33-46)41-18-6-2-7-19-41)47-35-37-56-51(38-47)49-26-14-16-28-54(49)62(56)45-24-12-5-13-25-45/h2-39,58-59H,1H3. The second-order valence-electron chi connectivity index (χ2n) is 15.6. The molecule has 2 aromatic heterocycles. The second kappa shape index (κ2) is 15.7. The minimum atomic E-state index is 0.956. The molecule has 2 heterocycles. The first-order valence-electron chi connectivity index (χ1n) is 21.1. The van der Waals surface area contributed by atoms with Crippen molar-refractivity contribution >= 4 is 72.5 Å². The van der Waals surface area contributed by atoms with Crippen molar-refractivity contribution in [2.45, 2.75) is 6.92 Å². The maximum absolute atomic E-state index is 3.92. The molecule has 0 aliphatic rings. The molecule has 296 valence electrons. The molecule has 0 aliphatic heterocycles. The van der Waals surface area contributed by atoms with Gasteiger partial charge < -0.3 is 24.7 Å². The van der Waals surface area contributed by atoms with Gasteiger partial charge in [0.1, 0.15) is 0 Å². The van der Waals surface area contributed by atoms with Gasteiger partial charge in [-0.15, -0.1) is 0 Å². The first-order valence-corrected chi connectivity index (χ1v) is 21.1. The summed E-state index contributed by atoms with van der Waals surface area (Å²) in [4.78, 5) is 2.37. The Kier molecular flexibility index (Phi) is 9.32. The Bertz CT molecular complexity index is 3330. The summed E-state index contributed by atoms with van der Waals surface area (Å²) in [5.41, 5.74) is 16.4. The number of nitrogens with one attached hydrogen (secondary N) is 2. The summed E-state index contributed by atoms with van der Waals surface area (Å²) in [7, 11) is 0. The molecule has 2 N–H and O–H groups in total. The fourth-order valence-corrected chi connectivity index (χ4v) is 8.97. The predicted molar refractivity (Wildman–Crippen MR) is 262 cm³/mol. The Balaban J connectivity index is 1.08. The van der Waals surface area contributed by atoms with Crippen LogP contribution in [0.15, 0.2) is 231 Å².